The van der Waals surface area contributed by atoms with Crippen LogP contribution in [0.15, 0.2) is 78.0 Å². The van der Waals surface area contributed by atoms with Gasteiger partial charge in [0.1, 0.15) is 5.75 Å². The molecule has 200 valence electrons. The SMILES string of the molecule is Cc1cccc(-n2c(CNC(=O)COc3ccccc3)nnc2SCC(=O)N2CCCc3ccccc32)c1C. The van der Waals surface area contributed by atoms with E-state index in [9.17, 15) is 9.59 Å². The van der Waals surface area contributed by atoms with Crippen LogP contribution in [0.2, 0.25) is 0 Å². The van der Waals surface area contributed by atoms with Crippen molar-refractivity contribution in [1.82, 2.24) is 20.1 Å². The van der Waals surface area contributed by atoms with Gasteiger partial charge in [-0.2, -0.15) is 0 Å². The first-order valence-electron chi connectivity index (χ1n) is 13.0. The average Bonchev–Trinajstić information content (AvgIpc) is 3.37. The molecular weight excluding hydrogens is 510 g/mol. The Kier molecular flexibility index (Phi) is 8.27. The van der Waals surface area contributed by atoms with E-state index in [1.54, 1.807) is 12.1 Å². The third-order valence-corrected chi connectivity index (χ3v) is 7.72. The van der Waals surface area contributed by atoms with Gasteiger partial charge in [0, 0.05) is 12.2 Å². The predicted octanol–water partition coefficient (Wildman–Crippen LogP) is 4.65. The van der Waals surface area contributed by atoms with Gasteiger partial charge < -0.3 is 15.0 Å². The first kappa shape index (κ1) is 26.5. The number of carbonyl (C=O) groups is 2. The van der Waals surface area contributed by atoms with Crippen LogP contribution in [0.4, 0.5) is 5.69 Å². The van der Waals surface area contributed by atoms with Gasteiger partial charge in [0.05, 0.1) is 18.0 Å². The molecule has 9 heteroatoms. The maximum absolute atomic E-state index is 13.3. The normalized spacial score (nSPS) is 12.6. The molecule has 0 atom stereocenters. The van der Waals surface area contributed by atoms with E-state index in [2.05, 4.69) is 34.6 Å². The zero-order valence-corrected chi connectivity index (χ0v) is 22.9. The summed E-state index contributed by atoms with van der Waals surface area (Å²) in [4.78, 5) is 27.7. The van der Waals surface area contributed by atoms with Crippen molar-refractivity contribution in [2.75, 3.05) is 23.8 Å². The lowest BCUT2D eigenvalue weighted by atomic mass is 10.0. The molecule has 0 radical (unpaired) electrons. The van der Waals surface area contributed by atoms with Crippen molar-refractivity contribution in [2.45, 2.75) is 38.4 Å². The standard InChI is InChI=1S/C30H31N5O3S/c1-21-10-8-16-25(22(21)2)35-27(18-31-28(36)19-38-24-13-4-3-5-14-24)32-33-30(35)39-20-29(37)34-17-9-12-23-11-6-7-15-26(23)34/h3-8,10-11,13-16H,9,12,17-20H2,1-2H3,(H,31,36). The topological polar surface area (TPSA) is 89.4 Å². The van der Waals surface area contributed by atoms with Crippen molar-refractivity contribution < 1.29 is 14.3 Å². The second-order valence-corrected chi connectivity index (χ2v) is 10.3. The molecule has 4 aromatic rings. The van der Waals surface area contributed by atoms with Crippen molar-refractivity contribution >= 4 is 29.3 Å². The highest BCUT2D eigenvalue weighted by molar-refractivity contribution is 7.99. The number of rotatable bonds is 9. The lowest BCUT2D eigenvalue weighted by Gasteiger charge is -2.29. The van der Waals surface area contributed by atoms with E-state index in [1.807, 2.05) is 64.9 Å². The number of nitrogens with one attached hydrogen (secondary N) is 1. The first-order valence-corrected chi connectivity index (χ1v) is 14.0. The zero-order chi connectivity index (χ0) is 27.2. The average molecular weight is 542 g/mol. The minimum atomic E-state index is -0.262. The molecule has 5 rings (SSSR count). The quantitative estimate of drug-likeness (QED) is 0.310. The van der Waals surface area contributed by atoms with Gasteiger partial charge >= 0.3 is 0 Å². The molecule has 2 amide bonds. The Balaban J connectivity index is 1.32. The van der Waals surface area contributed by atoms with E-state index in [0.29, 0.717) is 23.3 Å². The van der Waals surface area contributed by atoms with Crippen LogP contribution >= 0.6 is 11.8 Å². The number of para-hydroxylation sites is 2. The van der Waals surface area contributed by atoms with Crippen LogP contribution in [-0.4, -0.2) is 45.5 Å². The van der Waals surface area contributed by atoms with Gasteiger partial charge in [0.2, 0.25) is 5.91 Å². The molecule has 3 aromatic carbocycles. The molecule has 0 bridgehead atoms. The first-order chi connectivity index (χ1) is 19.0. The zero-order valence-electron chi connectivity index (χ0n) is 22.1. The Morgan fingerprint density at radius 2 is 1.72 bits per heavy atom. The highest BCUT2D eigenvalue weighted by Gasteiger charge is 2.24. The number of benzene rings is 3. The van der Waals surface area contributed by atoms with Crippen LogP contribution < -0.4 is 15.0 Å². The van der Waals surface area contributed by atoms with Crippen LogP contribution in [-0.2, 0) is 22.6 Å². The van der Waals surface area contributed by atoms with Crippen LogP contribution in [0.1, 0.15) is 28.9 Å². The number of fused-ring (bicyclic) bond motifs is 1. The summed E-state index contributed by atoms with van der Waals surface area (Å²) in [5, 5.41) is 12.3. The molecule has 1 N–H and O–H groups in total. The number of hydrogen-bond donors (Lipinski definition) is 1. The van der Waals surface area contributed by atoms with E-state index in [0.717, 1.165) is 35.3 Å². The molecule has 1 aliphatic rings. The third-order valence-electron chi connectivity index (χ3n) is 6.81. The van der Waals surface area contributed by atoms with Gasteiger partial charge in [0.15, 0.2) is 17.6 Å². The Bertz CT molecular complexity index is 1470. The Labute approximate surface area is 232 Å². The molecule has 39 heavy (non-hydrogen) atoms. The maximum Gasteiger partial charge on any atom is 0.258 e. The summed E-state index contributed by atoms with van der Waals surface area (Å²) in [7, 11) is 0. The molecule has 1 aliphatic heterocycles. The summed E-state index contributed by atoms with van der Waals surface area (Å²) < 4.78 is 7.49. The molecule has 8 nitrogen and oxygen atoms in total. The van der Waals surface area contributed by atoms with Crippen molar-refractivity contribution in [2.24, 2.45) is 0 Å². The van der Waals surface area contributed by atoms with Gasteiger partial charge in [-0.15, -0.1) is 10.2 Å². The van der Waals surface area contributed by atoms with Gasteiger partial charge in [-0.3, -0.25) is 14.2 Å². The van der Waals surface area contributed by atoms with E-state index < -0.39 is 0 Å². The smallest absolute Gasteiger partial charge is 0.258 e. The number of thioether (sulfide) groups is 1. The minimum Gasteiger partial charge on any atom is -0.484 e. The number of aromatic nitrogens is 3. The number of carbonyl (C=O) groups excluding carboxylic acids is 2. The van der Waals surface area contributed by atoms with E-state index >= 15 is 0 Å². The summed E-state index contributed by atoms with van der Waals surface area (Å²) in [5.41, 5.74) is 5.32. The third kappa shape index (κ3) is 6.15. The van der Waals surface area contributed by atoms with E-state index in [-0.39, 0.29) is 30.7 Å². The molecule has 0 fully saturated rings. The highest BCUT2D eigenvalue weighted by Crippen LogP contribution is 2.29. The van der Waals surface area contributed by atoms with Gasteiger partial charge in [-0.05, 0) is 67.6 Å². The molecule has 0 saturated heterocycles. The Morgan fingerprint density at radius 3 is 2.56 bits per heavy atom. The van der Waals surface area contributed by atoms with Crippen LogP contribution in [0, 0.1) is 13.8 Å². The van der Waals surface area contributed by atoms with Crippen molar-refractivity contribution in [3.05, 3.63) is 95.3 Å². The van der Waals surface area contributed by atoms with E-state index in [4.69, 9.17) is 4.74 Å². The Morgan fingerprint density at radius 1 is 0.949 bits per heavy atom. The summed E-state index contributed by atoms with van der Waals surface area (Å²) in [6.07, 6.45) is 1.93. The number of hydrogen-bond acceptors (Lipinski definition) is 6. The summed E-state index contributed by atoms with van der Waals surface area (Å²) in [6.45, 7) is 4.88. The highest BCUT2D eigenvalue weighted by atomic mass is 32.2. The molecule has 1 aromatic heterocycles. The summed E-state index contributed by atoms with van der Waals surface area (Å²) >= 11 is 1.36. The molecule has 0 spiro atoms. The number of aryl methyl sites for hydroxylation is 2. The van der Waals surface area contributed by atoms with Gasteiger partial charge in [-0.25, -0.2) is 0 Å². The van der Waals surface area contributed by atoms with Crippen molar-refractivity contribution in [3.8, 4) is 11.4 Å². The van der Waals surface area contributed by atoms with Crippen LogP contribution in [0.3, 0.4) is 0 Å². The molecular formula is C30H31N5O3S. The van der Waals surface area contributed by atoms with E-state index in [1.165, 1.54) is 17.3 Å². The second-order valence-electron chi connectivity index (χ2n) is 9.40. The number of anilines is 1. The van der Waals surface area contributed by atoms with Crippen LogP contribution in [0.25, 0.3) is 5.69 Å². The minimum absolute atomic E-state index is 0.0376. The summed E-state index contributed by atoms with van der Waals surface area (Å²) in [5.74, 6) is 1.22. The van der Waals surface area contributed by atoms with Crippen molar-refractivity contribution in [1.29, 1.82) is 0 Å². The second kappa shape index (κ2) is 12.2. The number of amides is 2. The molecule has 0 unspecified atom stereocenters. The Hall–Kier alpha value is -4.11. The monoisotopic (exact) mass is 541 g/mol. The number of ether oxygens (including phenoxy) is 1. The predicted molar refractivity (Wildman–Crippen MR) is 152 cm³/mol. The lowest BCUT2D eigenvalue weighted by Crippen LogP contribution is -2.36. The largest absolute Gasteiger partial charge is 0.484 e. The lowest BCUT2D eigenvalue weighted by molar-refractivity contribution is -0.123. The molecule has 2 heterocycles. The van der Waals surface area contributed by atoms with Gasteiger partial charge in [-0.1, -0.05) is 60.3 Å². The fourth-order valence-corrected chi connectivity index (χ4v) is 5.46. The fraction of sp³-hybridized carbons (Fsp3) is 0.267. The van der Waals surface area contributed by atoms with Crippen LogP contribution in [0.5, 0.6) is 5.75 Å². The molecule has 0 saturated carbocycles. The molecule has 0 aliphatic carbocycles. The van der Waals surface area contributed by atoms with Gasteiger partial charge in [0.25, 0.3) is 5.91 Å². The van der Waals surface area contributed by atoms with Crippen molar-refractivity contribution in [3.63, 3.8) is 0 Å². The fourth-order valence-electron chi connectivity index (χ4n) is 4.62. The summed E-state index contributed by atoms with van der Waals surface area (Å²) in [6, 6.07) is 23.3. The maximum atomic E-state index is 13.3. The number of nitrogens with zero attached hydrogens (tertiary/aromatic N) is 4.